The van der Waals surface area contributed by atoms with E-state index in [9.17, 15) is 8.42 Å². The number of ether oxygens (including phenoxy) is 2. The van der Waals surface area contributed by atoms with Crippen LogP contribution in [0.1, 0.15) is 40.0 Å². The van der Waals surface area contributed by atoms with Crippen molar-refractivity contribution in [3.05, 3.63) is 0 Å². The first-order valence-corrected chi connectivity index (χ1v) is 11.6. The predicted octanol–water partition coefficient (Wildman–Crippen LogP) is 1.76. The molecule has 0 atom stereocenters. The summed E-state index contributed by atoms with van der Waals surface area (Å²) in [6.45, 7) is 10.8. The van der Waals surface area contributed by atoms with Gasteiger partial charge in [0.05, 0.1) is 18.5 Å². The zero-order chi connectivity index (χ0) is 20.1. The third-order valence-corrected chi connectivity index (χ3v) is 6.16. The lowest BCUT2D eigenvalue weighted by atomic mass is 10.2. The van der Waals surface area contributed by atoms with Crippen LogP contribution in [0.3, 0.4) is 0 Å². The van der Waals surface area contributed by atoms with Gasteiger partial charge in [-0.2, -0.15) is 4.31 Å². The van der Waals surface area contributed by atoms with Crippen LogP contribution in [0.25, 0.3) is 0 Å². The molecule has 0 aromatic rings. The van der Waals surface area contributed by atoms with Crippen LogP contribution in [0, 0.1) is 0 Å². The Labute approximate surface area is 188 Å². The van der Waals surface area contributed by atoms with Gasteiger partial charge in [0.1, 0.15) is 0 Å². The van der Waals surface area contributed by atoms with E-state index in [0.717, 1.165) is 44.9 Å². The molecule has 0 aliphatic carbocycles. The number of rotatable bonds is 12. The third kappa shape index (κ3) is 11.1. The summed E-state index contributed by atoms with van der Waals surface area (Å²) < 4.78 is 36.9. The lowest BCUT2D eigenvalue weighted by Gasteiger charge is -2.36. The van der Waals surface area contributed by atoms with E-state index in [1.807, 2.05) is 20.8 Å². The van der Waals surface area contributed by atoms with Crippen LogP contribution in [-0.2, 0) is 19.5 Å². The molecule has 1 fully saturated rings. The van der Waals surface area contributed by atoms with Crippen molar-refractivity contribution in [3.8, 4) is 0 Å². The molecular weight excluding hydrogens is 495 g/mol. The summed E-state index contributed by atoms with van der Waals surface area (Å²) in [5, 5.41) is 3.32. The fourth-order valence-electron chi connectivity index (χ4n) is 2.84. The van der Waals surface area contributed by atoms with Gasteiger partial charge >= 0.3 is 0 Å². The minimum Gasteiger partial charge on any atom is -0.385 e. The van der Waals surface area contributed by atoms with Gasteiger partial charge in [-0.3, -0.25) is 4.99 Å². The number of unbranched alkanes of at least 4 members (excludes halogenated alkanes) is 2. The molecule has 0 bridgehead atoms. The average molecular weight is 535 g/mol. The topological polar surface area (TPSA) is 83.5 Å². The molecule has 10 heteroatoms. The van der Waals surface area contributed by atoms with Crippen molar-refractivity contribution in [3.63, 3.8) is 0 Å². The van der Waals surface area contributed by atoms with Gasteiger partial charge in [0.25, 0.3) is 0 Å². The molecule has 0 radical (unpaired) electrons. The lowest BCUT2D eigenvalue weighted by molar-refractivity contribution is 0.0904. The number of nitrogens with zero attached hydrogens (tertiary/aromatic N) is 3. The molecule has 1 N–H and O–H groups in total. The van der Waals surface area contributed by atoms with Crippen molar-refractivity contribution in [1.82, 2.24) is 14.5 Å². The fraction of sp³-hybridized carbons (Fsp3) is 0.944. The maximum atomic E-state index is 12.4. The zero-order valence-corrected chi connectivity index (χ0v) is 21.0. The first-order valence-electron chi connectivity index (χ1n) is 10.0. The summed E-state index contributed by atoms with van der Waals surface area (Å²) in [5.41, 5.74) is 0. The Morgan fingerprint density at radius 3 is 2.36 bits per heavy atom. The van der Waals surface area contributed by atoms with Gasteiger partial charge in [0.15, 0.2) is 5.96 Å². The zero-order valence-electron chi connectivity index (χ0n) is 17.9. The second-order valence-electron chi connectivity index (χ2n) is 6.91. The molecule has 8 nitrogen and oxygen atoms in total. The molecule has 0 aromatic heterocycles. The molecule has 1 rings (SSSR count). The van der Waals surface area contributed by atoms with Crippen molar-refractivity contribution in [2.45, 2.75) is 46.1 Å². The van der Waals surface area contributed by atoms with E-state index in [1.54, 1.807) is 11.4 Å². The first-order chi connectivity index (χ1) is 12.9. The van der Waals surface area contributed by atoms with Crippen LogP contribution in [-0.4, -0.2) is 95.0 Å². The summed E-state index contributed by atoms with van der Waals surface area (Å²) in [4.78, 5) is 6.84. The maximum Gasteiger partial charge on any atom is 0.216 e. The fourth-order valence-corrected chi connectivity index (χ4v) is 4.13. The smallest absolute Gasteiger partial charge is 0.216 e. The molecule has 0 aromatic carbocycles. The molecule has 0 amide bonds. The Hall–Kier alpha value is -0.170. The first kappa shape index (κ1) is 27.8. The van der Waals surface area contributed by atoms with E-state index in [2.05, 4.69) is 10.2 Å². The van der Waals surface area contributed by atoms with E-state index in [0.29, 0.717) is 26.2 Å². The number of piperazine rings is 1. The highest BCUT2D eigenvalue weighted by molar-refractivity contribution is 14.0. The van der Waals surface area contributed by atoms with E-state index in [1.165, 1.54) is 0 Å². The molecule has 0 saturated carbocycles. The van der Waals surface area contributed by atoms with Crippen molar-refractivity contribution in [1.29, 1.82) is 0 Å². The standard InChI is InChI=1S/C18H38N4O4S.HI/c1-5-19-18(20-9-7-6-8-14-25-4)21-10-12-22(13-11-21)27(23,24)16-15-26-17(2)3;/h17H,5-16H2,1-4H3,(H,19,20);1H. The molecular formula is C18H39IN4O4S. The van der Waals surface area contributed by atoms with E-state index >= 15 is 0 Å². The summed E-state index contributed by atoms with van der Waals surface area (Å²) in [5.74, 6) is 0.922. The van der Waals surface area contributed by atoms with Crippen LogP contribution in [0.15, 0.2) is 4.99 Å². The summed E-state index contributed by atoms with van der Waals surface area (Å²) in [7, 11) is -1.54. The number of aliphatic imine (C=N–C) groups is 1. The molecule has 0 spiro atoms. The number of guanidine groups is 1. The molecule has 28 heavy (non-hydrogen) atoms. The SMILES string of the molecule is CCNC(=NCCCCCOC)N1CCN(S(=O)(=O)CCOC(C)C)CC1.I. The molecule has 1 heterocycles. The van der Waals surface area contributed by atoms with Crippen molar-refractivity contribution in [2.24, 2.45) is 4.99 Å². The highest BCUT2D eigenvalue weighted by Gasteiger charge is 2.27. The number of nitrogens with one attached hydrogen (secondary N) is 1. The normalized spacial score (nSPS) is 16.3. The monoisotopic (exact) mass is 534 g/mol. The van der Waals surface area contributed by atoms with Crippen LogP contribution in [0.2, 0.25) is 0 Å². The summed E-state index contributed by atoms with van der Waals surface area (Å²) in [6, 6.07) is 0. The van der Waals surface area contributed by atoms with Crippen molar-refractivity contribution >= 4 is 40.0 Å². The van der Waals surface area contributed by atoms with Crippen LogP contribution in [0.4, 0.5) is 0 Å². The van der Waals surface area contributed by atoms with Gasteiger partial charge in [-0.1, -0.05) is 0 Å². The number of methoxy groups -OCH3 is 1. The maximum absolute atomic E-state index is 12.4. The average Bonchev–Trinajstić information content (AvgIpc) is 2.63. The molecule has 168 valence electrons. The Morgan fingerprint density at radius 1 is 1.11 bits per heavy atom. The third-order valence-electron chi connectivity index (χ3n) is 4.33. The Balaban J connectivity index is 0.00000729. The highest BCUT2D eigenvalue weighted by Crippen LogP contribution is 2.09. The Kier molecular flexibility index (Phi) is 15.5. The quantitative estimate of drug-likeness (QED) is 0.178. The van der Waals surface area contributed by atoms with Gasteiger partial charge in [0.2, 0.25) is 10.0 Å². The van der Waals surface area contributed by atoms with Gasteiger partial charge < -0.3 is 19.7 Å². The predicted molar refractivity (Wildman–Crippen MR) is 125 cm³/mol. The van der Waals surface area contributed by atoms with Gasteiger partial charge in [0, 0.05) is 53.0 Å². The van der Waals surface area contributed by atoms with Crippen molar-refractivity contribution in [2.75, 3.05) is 65.3 Å². The number of sulfonamides is 1. The molecule has 1 saturated heterocycles. The molecule has 1 aliphatic rings. The Bertz CT molecular complexity index is 524. The van der Waals surface area contributed by atoms with E-state index in [-0.39, 0.29) is 42.4 Å². The highest BCUT2D eigenvalue weighted by atomic mass is 127. The summed E-state index contributed by atoms with van der Waals surface area (Å²) >= 11 is 0. The minimum atomic E-state index is -3.26. The van der Waals surface area contributed by atoms with Crippen molar-refractivity contribution < 1.29 is 17.9 Å². The van der Waals surface area contributed by atoms with E-state index < -0.39 is 10.0 Å². The van der Waals surface area contributed by atoms with Gasteiger partial charge in [-0.15, -0.1) is 24.0 Å². The minimum absolute atomic E-state index is 0. The number of halogens is 1. The van der Waals surface area contributed by atoms with Crippen LogP contribution < -0.4 is 5.32 Å². The number of hydrogen-bond acceptors (Lipinski definition) is 5. The number of hydrogen-bond donors (Lipinski definition) is 1. The van der Waals surface area contributed by atoms with Gasteiger partial charge in [-0.25, -0.2) is 8.42 Å². The second-order valence-corrected chi connectivity index (χ2v) is 9.00. The summed E-state index contributed by atoms with van der Waals surface area (Å²) in [6.07, 6.45) is 3.23. The molecule has 0 unspecified atom stereocenters. The van der Waals surface area contributed by atoms with E-state index in [4.69, 9.17) is 14.5 Å². The molecule has 1 aliphatic heterocycles. The van der Waals surface area contributed by atoms with Crippen LogP contribution >= 0.6 is 24.0 Å². The Morgan fingerprint density at radius 2 is 1.79 bits per heavy atom. The van der Waals surface area contributed by atoms with Crippen LogP contribution in [0.5, 0.6) is 0 Å². The second kappa shape index (κ2) is 15.6. The largest absolute Gasteiger partial charge is 0.385 e. The lowest BCUT2D eigenvalue weighted by Crippen LogP contribution is -2.54. The van der Waals surface area contributed by atoms with Gasteiger partial charge in [-0.05, 0) is 40.0 Å².